The summed E-state index contributed by atoms with van der Waals surface area (Å²) in [4.78, 5) is 20.3. The molecule has 1 atom stereocenters. The third kappa shape index (κ3) is 7.94. The number of aliphatic carboxylic acids is 2. The van der Waals surface area contributed by atoms with E-state index in [-0.39, 0.29) is 6.42 Å². The van der Waals surface area contributed by atoms with E-state index in [9.17, 15) is 9.59 Å². The molecule has 0 rings (SSSR count). The van der Waals surface area contributed by atoms with Gasteiger partial charge in [0.1, 0.15) is 6.04 Å². The van der Waals surface area contributed by atoms with Crippen molar-refractivity contribution in [3.63, 3.8) is 0 Å². The molecular formula is C6H11NO4S2. The first kappa shape index (κ1) is 12.6. The van der Waals surface area contributed by atoms with Crippen LogP contribution >= 0.6 is 21.6 Å². The first-order chi connectivity index (χ1) is 6.04. The number of hydrogen-bond donors (Lipinski definition) is 3. The molecule has 13 heavy (non-hydrogen) atoms. The third-order valence-electron chi connectivity index (χ3n) is 1.05. The van der Waals surface area contributed by atoms with E-state index in [2.05, 4.69) is 0 Å². The van der Waals surface area contributed by atoms with Crippen LogP contribution in [0.2, 0.25) is 0 Å². The number of hydrogen-bond acceptors (Lipinski definition) is 5. The number of carboxylic acid groups (broad SMARTS) is 2. The molecule has 0 aliphatic rings. The highest BCUT2D eigenvalue weighted by atomic mass is 33.1. The van der Waals surface area contributed by atoms with E-state index in [0.29, 0.717) is 11.5 Å². The van der Waals surface area contributed by atoms with Gasteiger partial charge in [-0.3, -0.25) is 9.59 Å². The van der Waals surface area contributed by atoms with Crippen LogP contribution in [0.4, 0.5) is 0 Å². The fourth-order valence-corrected chi connectivity index (χ4v) is 2.47. The van der Waals surface area contributed by atoms with Gasteiger partial charge >= 0.3 is 11.9 Å². The molecular weight excluding hydrogens is 214 g/mol. The Morgan fingerprint density at radius 1 is 1.31 bits per heavy atom. The van der Waals surface area contributed by atoms with Gasteiger partial charge in [0.05, 0.1) is 6.42 Å². The minimum absolute atomic E-state index is 0.0833. The molecule has 0 unspecified atom stereocenters. The lowest BCUT2D eigenvalue weighted by atomic mass is 10.4. The predicted octanol–water partition coefficient (Wildman–Crippen LogP) is 0.254. The Hall–Kier alpha value is -0.400. The SMILES string of the molecule is N[C@@H](CSSCCC(=O)O)C(=O)O. The molecule has 0 heterocycles. The summed E-state index contributed by atoms with van der Waals surface area (Å²) < 4.78 is 0. The summed E-state index contributed by atoms with van der Waals surface area (Å²) in [6, 6.07) is -0.873. The van der Waals surface area contributed by atoms with Crippen LogP contribution in [-0.4, -0.2) is 39.7 Å². The molecule has 0 spiro atoms. The van der Waals surface area contributed by atoms with Gasteiger partial charge < -0.3 is 15.9 Å². The molecule has 0 radical (unpaired) electrons. The number of carbonyl (C=O) groups is 2. The Labute approximate surface area is 83.5 Å². The van der Waals surface area contributed by atoms with E-state index in [1.54, 1.807) is 0 Å². The zero-order chi connectivity index (χ0) is 10.3. The number of nitrogens with two attached hydrogens (primary N) is 1. The maximum Gasteiger partial charge on any atom is 0.321 e. The third-order valence-corrected chi connectivity index (χ3v) is 3.49. The summed E-state index contributed by atoms with van der Waals surface area (Å²) in [5.41, 5.74) is 5.21. The standard InChI is InChI=1S/C6H11NO4S2/c7-4(6(10)11)3-13-12-2-1-5(8)9/h4H,1-3,7H2,(H,8,9)(H,10,11)/t4-/m0/s1. The van der Waals surface area contributed by atoms with Gasteiger partial charge in [-0.1, -0.05) is 21.6 Å². The van der Waals surface area contributed by atoms with Crippen LogP contribution in [0, 0.1) is 0 Å². The molecule has 0 saturated carbocycles. The Balaban J connectivity index is 3.26. The zero-order valence-electron chi connectivity index (χ0n) is 6.80. The minimum Gasteiger partial charge on any atom is -0.481 e. The van der Waals surface area contributed by atoms with Crippen LogP contribution in [-0.2, 0) is 9.59 Å². The lowest BCUT2D eigenvalue weighted by Gasteiger charge is -2.03. The average molecular weight is 225 g/mol. The summed E-state index contributed by atoms with van der Waals surface area (Å²) in [7, 11) is 2.60. The van der Waals surface area contributed by atoms with Crippen molar-refractivity contribution in [1.82, 2.24) is 0 Å². The van der Waals surface area contributed by atoms with Crippen molar-refractivity contribution >= 4 is 33.5 Å². The van der Waals surface area contributed by atoms with E-state index in [1.807, 2.05) is 0 Å². The highest BCUT2D eigenvalue weighted by Gasteiger charge is 2.10. The molecule has 0 bridgehead atoms. The van der Waals surface area contributed by atoms with Gasteiger partial charge in [0.15, 0.2) is 0 Å². The summed E-state index contributed by atoms with van der Waals surface area (Å²) in [5, 5.41) is 16.7. The highest BCUT2D eigenvalue weighted by Crippen LogP contribution is 2.22. The summed E-state index contributed by atoms with van der Waals surface area (Å²) in [6.07, 6.45) is 0.0833. The molecule has 0 aromatic rings. The smallest absolute Gasteiger partial charge is 0.321 e. The average Bonchev–Trinajstić information content (AvgIpc) is 2.02. The highest BCUT2D eigenvalue weighted by molar-refractivity contribution is 8.76. The Kier molecular flexibility index (Phi) is 6.83. The Bertz CT molecular complexity index is 187. The van der Waals surface area contributed by atoms with Gasteiger partial charge in [0.25, 0.3) is 0 Å². The van der Waals surface area contributed by atoms with Crippen LogP contribution in [0.1, 0.15) is 6.42 Å². The van der Waals surface area contributed by atoms with Gasteiger partial charge in [-0.05, 0) is 0 Å². The second-order valence-electron chi connectivity index (χ2n) is 2.19. The second kappa shape index (κ2) is 7.05. The van der Waals surface area contributed by atoms with E-state index in [1.165, 1.54) is 21.6 Å². The van der Waals surface area contributed by atoms with Crippen LogP contribution in [0.15, 0.2) is 0 Å². The van der Waals surface area contributed by atoms with Crippen LogP contribution < -0.4 is 5.73 Å². The van der Waals surface area contributed by atoms with E-state index >= 15 is 0 Å². The summed E-state index contributed by atoms with van der Waals surface area (Å²) in [6.45, 7) is 0. The van der Waals surface area contributed by atoms with Gasteiger partial charge in [0.2, 0.25) is 0 Å². The summed E-state index contributed by atoms with van der Waals surface area (Å²) >= 11 is 0. The Morgan fingerprint density at radius 2 is 1.92 bits per heavy atom. The molecule has 0 aromatic carbocycles. The predicted molar refractivity (Wildman–Crippen MR) is 52.8 cm³/mol. The quantitative estimate of drug-likeness (QED) is 0.422. The van der Waals surface area contributed by atoms with Crippen molar-refractivity contribution in [2.24, 2.45) is 5.73 Å². The molecule has 0 amide bonds. The van der Waals surface area contributed by atoms with Crippen LogP contribution in [0.5, 0.6) is 0 Å². The van der Waals surface area contributed by atoms with Crippen molar-refractivity contribution in [2.75, 3.05) is 11.5 Å². The minimum atomic E-state index is -1.04. The van der Waals surface area contributed by atoms with Crippen molar-refractivity contribution in [1.29, 1.82) is 0 Å². The maximum absolute atomic E-state index is 10.2. The maximum atomic E-state index is 10.2. The Morgan fingerprint density at radius 3 is 2.38 bits per heavy atom. The van der Waals surface area contributed by atoms with Gasteiger partial charge in [-0.2, -0.15) is 0 Å². The second-order valence-corrected chi connectivity index (χ2v) is 4.82. The first-order valence-corrected chi connectivity index (χ1v) is 5.97. The molecule has 0 aromatic heterocycles. The number of rotatable bonds is 7. The van der Waals surface area contributed by atoms with Crippen molar-refractivity contribution in [3.8, 4) is 0 Å². The van der Waals surface area contributed by atoms with Crippen molar-refractivity contribution < 1.29 is 19.8 Å². The molecule has 0 aliphatic heterocycles. The molecule has 0 aliphatic carbocycles. The van der Waals surface area contributed by atoms with E-state index in [0.717, 1.165) is 0 Å². The first-order valence-electron chi connectivity index (χ1n) is 3.48. The molecule has 7 heteroatoms. The van der Waals surface area contributed by atoms with Crippen LogP contribution in [0.25, 0.3) is 0 Å². The fraction of sp³-hybridized carbons (Fsp3) is 0.667. The van der Waals surface area contributed by atoms with Crippen molar-refractivity contribution in [3.05, 3.63) is 0 Å². The molecule has 76 valence electrons. The zero-order valence-corrected chi connectivity index (χ0v) is 8.44. The summed E-state index contributed by atoms with van der Waals surface area (Å²) in [5.74, 6) is -1.13. The van der Waals surface area contributed by atoms with E-state index < -0.39 is 18.0 Å². The lowest BCUT2D eigenvalue weighted by Crippen LogP contribution is -2.32. The van der Waals surface area contributed by atoms with Gasteiger partial charge in [-0.25, -0.2) is 0 Å². The molecule has 4 N–H and O–H groups in total. The van der Waals surface area contributed by atoms with E-state index in [4.69, 9.17) is 15.9 Å². The molecule has 0 fully saturated rings. The van der Waals surface area contributed by atoms with Gasteiger partial charge in [-0.15, -0.1) is 0 Å². The topological polar surface area (TPSA) is 101 Å². The van der Waals surface area contributed by atoms with Gasteiger partial charge in [0, 0.05) is 11.5 Å². The molecule has 0 saturated heterocycles. The van der Waals surface area contributed by atoms with Crippen LogP contribution in [0.3, 0.4) is 0 Å². The fourth-order valence-electron chi connectivity index (χ4n) is 0.381. The van der Waals surface area contributed by atoms with Crippen molar-refractivity contribution in [2.45, 2.75) is 12.5 Å². The largest absolute Gasteiger partial charge is 0.481 e. The molecule has 5 nitrogen and oxygen atoms in total. The lowest BCUT2D eigenvalue weighted by molar-refractivity contribution is -0.138. The monoisotopic (exact) mass is 225 g/mol. The normalized spacial score (nSPS) is 12.4. The number of carboxylic acids is 2.